The topological polar surface area (TPSA) is 144 Å². The number of hydrogen-bond acceptors (Lipinski definition) is 9. The van der Waals surface area contributed by atoms with Gasteiger partial charge in [-0.15, -0.1) is 0 Å². The van der Waals surface area contributed by atoms with Crippen LogP contribution in [0.3, 0.4) is 0 Å². The number of imidazole rings is 1. The van der Waals surface area contributed by atoms with Crippen molar-refractivity contribution in [3.8, 4) is 33.8 Å². The van der Waals surface area contributed by atoms with E-state index < -0.39 is 6.23 Å². The van der Waals surface area contributed by atoms with Crippen molar-refractivity contribution in [1.29, 1.82) is 0 Å². The number of likely N-dealkylation sites (N-methyl/N-ethyl adjacent to an activating group) is 1. The van der Waals surface area contributed by atoms with Crippen LogP contribution in [0.2, 0.25) is 0 Å². The van der Waals surface area contributed by atoms with Crippen LogP contribution < -0.4 is 10.6 Å². The van der Waals surface area contributed by atoms with Gasteiger partial charge in [0.25, 0.3) is 0 Å². The molecule has 5 heterocycles. The molecule has 0 aliphatic rings. The molecule has 1 atom stereocenters. The van der Waals surface area contributed by atoms with E-state index in [1.54, 1.807) is 24.8 Å². The second-order valence-electron chi connectivity index (χ2n) is 11.1. The zero-order valence-corrected chi connectivity index (χ0v) is 24.9. The summed E-state index contributed by atoms with van der Waals surface area (Å²) in [4.78, 5) is 23.7. The van der Waals surface area contributed by atoms with Crippen molar-refractivity contribution >= 4 is 33.6 Å². The maximum atomic E-state index is 14.7. The first-order valence-electron chi connectivity index (χ1n) is 14.7. The van der Waals surface area contributed by atoms with Crippen LogP contribution in [-0.4, -0.2) is 78.5 Å². The van der Waals surface area contributed by atoms with E-state index in [-0.39, 0.29) is 5.82 Å². The average molecular weight is 595 g/mol. The Morgan fingerprint density at radius 1 is 0.977 bits per heavy atom. The highest BCUT2D eigenvalue weighted by molar-refractivity contribution is 5.96. The number of aromatic nitrogens is 7. The lowest BCUT2D eigenvalue weighted by Gasteiger charge is -2.14. The summed E-state index contributed by atoms with van der Waals surface area (Å²) in [5.41, 5.74) is 6.91. The van der Waals surface area contributed by atoms with Crippen LogP contribution in [0.1, 0.15) is 26.2 Å². The number of nitrogens with zero attached hydrogens (tertiary/aromatic N) is 6. The van der Waals surface area contributed by atoms with Gasteiger partial charge in [0.15, 0.2) is 17.1 Å². The van der Waals surface area contributed by atoms with E-state index in [2.05, 4.69) is 52.6 Å². The van der Waals surface area contributed by atoms with Crippen molar-refractivity contribution < 1.29 is 9.50 Å². The summed E-state index contributed by atoms with van der Waals surface area (Å²) < 4.78 is 14.7. The van der Waals surface area contributed by atoms with Gasteiger partial charge in [-0.1, -0.05) is 13.3 Å². The number of aliphatic hydroxyl groups is 1. The van der Waals surface area contributed by atoms with E-state index in [1.807, 2.05) is 38.4 Å². The molecule has 0 saturated carbocycles. The minimum absolute atomic E-state index is 0.336. The molecule has 5 N–H and O–H groups in total. The van der Waals surface area contributed by atoms with Gasteiger partial charge in [-0.2, -0.15) is 5.10 Å². The first-order chi connectivity index (χ1) is 21.4. The Morgan fingerprint density at radius 2 is 1.82 bits per heavy atom. The van der Waals surface area contributed by atoms with Crippen LogP contribution in [-0.2, 0) is 0 Å². The van der Waals surface area contributed by atoms with Gasteiger partial charge in [-0.3, -0.25) is 10.1 Å². The number of unbranched alkanes of at least 4 members (excludes halogenated alkanes) is 1. The fourth-order valence-corrected chi connectivity index (χ4v) is 5.11. The molecule has 0 saturated heterocycles. The van der Waals surface area contributed by atoms with Gasteiger partial charge in [0, 0.05) is 54.1 Å². The monoisotopic (exact) mass is 594 g/mol. The Morgan fingerprint density at radius 3 is 2.66 bits per heavy atom. The van der Waals surface area contributed by atoms with Crippen LogP contribution in [0.5, 0.6) is 0 Å². The highest BCUT2D eigenvalue weighted by Crippen LogP contribution is 2.33. The van der Waals surface area contributed by atoms with Crippen LogP contribution in [0.15, 0.2) is 61.2 Å². The number of pyridine rings is 3. The summed E-state index contributed by atoms with van der Waals surface area (Å²) in [6, 6.07) is 10.7. The third-order valence-corrected chi connectivity index (χ3v) is 7.36. The van der Waals surface area contributed by atoms with E-state index in [0.717, 1.165) is 47.2 Å². The molecule has 44 heavy (non-hydrogen) atoms. The van der Waals surface area contributed by atoms with Gasteiger partial charge in [-0.05, 0) is 68.9 Å². The molecule has 12 heteroatoms. The summed E-state index contributed by atoms with van der Waals surface area (Å²) >= 11 is 0. The van der Waals surface area contributed by atoms with Gasteiger partial charge in [0.1, 0.15) is 23.3 Å². The second kappa shape index (κ2) is 12.7. The highest BCUT2D eigenvalue weighted by atomic mass is 19.1. The molecule has 226 valence electrons. The number of H-pyrrole nitrogens is 2. The van der Waals surface area contributed by atoms with Crippen molar-refractivity contribution in [2.24, 2.45) is 0 Å². The number of hydrogen-bond donors (Lipinski definition) is 5. The lowest BCUT2D eigenvalue weighted by molar-refractivity contribution is 0.190. The first kappa shape index (κ1) is 29.1. The Balaban J connectivity index is 1.32. The minimum Gasteiger partial charge on any atom is -0.384 e. The van der Waals surface area contributed by atoms with Gasteiger partial charge >= 0.3 is 0 Å². The lowest BCUT2D eigenvalue weighted by atomic mass is 10.0. The van der Waals surface area contributed by atoms with Crippen molar-refractivity contribution in [1.82, 2.24) is 40.0 Å². The van der Waals surface area contributed by atoms with E-state index in [1.165, 1.54) is 12.1 Å². The van der Waals surface area contributed by atoms with Gasteiger partial charge < -0.3 is 25.6 Å². The SMILES string of the molecule is CCCCC(O)Nc1cncc(-c2cnc3[nH]nc(-c4nc5c(-c6cc(F)cc(NCCN(C)C)c6)ccnc5[nH]4)c3c2)c1. The van der Waals surface area contributed by atoms with Crippen LogP contribution in [0.4, 0.5) is 15.8 Å². The number of aromatic amines is 2. The molecule has 0 radical (unpaired) electrons. The minimum atomic E-state index is -0.641. The van der Waals surface area contributed by atoms with Crippen molar-refractivity contribution in [3.05, 3.63) is 67.0 Å². The van der Waals surface area contributed by atoms with E-state index in [4.69, 9.17) is 4.98 Å². The quantitative estimate of drug-likeness (QED) is 0.113. The zero-order valence-electron chi connectivity index (χ0n) is 24.9. The lowest BCUT2D eigenvalue weighted by Crippen LogP contribution is -2.20. The number of benzene rings is 1. The summed E-state index contributed by atoms with van der Waals surface area (Å²) in [5, 5.41) is 25.0. The van der Waals surface area contributed by atoms with Crippen molar-refractivity contribution in [2.45, 2.75) is 32.4 Å². The van der Waals surface area contributed by atoms with Gasteiger partial charge in [0.2, 0.25) is 0 Å². The molecule has 0 bridgehead atoms. The number of nitrogens with one attached hydrogen (secondary N) is 4. The fourth-order valence-electron chi connectivity index (χ4n) is 5.11. The Hall–Kier alpha value is -4.94. The van der Waals surface area contributed by atoms with Crippen LogP contribution in [0, 0.1) is 5.82 Å². The zero-order chi connectivity index (χ0) is 30.6. The number of rotatable bonds is 12. The largest absolute Gasteiger partial charge is 0.384 e. The standard InChI is InChI=1S/C32H35FN10O/c1-4-5-6-27(44)38-24-13-20(16-34-18-24)21-14-26-29(41-42-30(26)37-17-21)32-39-28-25(7-8-36-31(28)40-32)19-11-22(33)15-23(12-19)35-9-10-43(2)3/h7-8,11-18,27,35,38,44H,4-6,9-10H2,1-3H3,(H,36,39,40)(H,37,41,42). The van der Waals surface area contributed by atoms with E-state index in [0.29, 0.717) is 52.5 Å². The van der Waals surface area contributed by atoms with Crippen molar-refractivity contribution in [3.63, 3.8) is 0 Å². The predicted octanol–water partition coefficient (Wildman–Crippen LogP) is 5.66. The number of aliphatic hydroxyl groups excluding tert-OH is 1. The third-order valence-electron chi connectivity index (χ3n) is 7.36. The molecule has 5 aromatic heterocycles. The fraction of sp³-hybridized carbons (Fsp3) is 0.281. The van der Waals surface area contributed by atoms with Crippen LogP contribution in [0.25, 0.3) is 56.0 Å². The maximum Gasteiger partial charge on any atom is 0.161 e. The Kier molecular flexibility index (Phi) is 8.44. The molecule has 0 aliphatic carbocycles. The first-order valence-corrected chi connectivity index (χ1v) is 14.7. The molecular weight excluding hydrogens is 559 g/mol. The second-order valence-corrected chi connectivity index (χ2v) is 11.1. The summed E-state index contributed by atoms with van der Waals surface area (Å²) in [6.45, 7) is 3.60. The molecule has 11 nitrogen and oxygen atoms in total. The Labute approximate surface area is 254 Å². The molecule has 0 spiro atoms. The third kappa shape index (κ3) is 6.36. The molecule has 1 aromatic carbocycles. The summed E-state index contributed by atoms with van der Waals surface area (Å²) in [7, 11) is 3.99. The number of anilines is 2. The molecule has 0 amide bonds. The number of halogens is 1. The van der Waals surface area contributed by atoms with E-state index in [9.17, 15) is 9.50 Å². The van der Waals surface area contributed by atoms with Gasteiger partial charge in [0.05, 0.1) is 17.3 Å². The molecule has 0 fully saturated rings. The molecular formula is C32H35FN10O. The molecule has 6 aromatic rings. The van der Waals surface area contributed by atoms with E-state index >= 15 is 0 Å². The molecule has 6 rings (SSSR count). The normalized spacial score (nSPS) is 12.3. The van der Waals surface area contributed by atoms with Gasteiger partial charge in [-0.25, -0.2) is 19.3 Å². The molecule has 1 unspecified atom stereocenters. The predicted molar refractivity (Wildman–Crippen MR) is 172 cm³/mol. The summed E-state index contributed by atoms with van der Waals surface area (Å²) in [6.07, 6.45) is 8.85. The smallest absolute Gasteiger partial charge is 0.161 e. The summed E-state index contributed by atoms with van der Waals surface area (Å²) in [5.74, 6) is 0.176. The number of fused-ring (bicyclic) bond motifs is 2. The highest BCUT2D eigenvalue weighted by Gasteiger charge is 2.18. The average Bonchev–Trinajstić information content (AvgIpc) is 3.63. The Bertz CT molecular complexity index is 1900. The van der Waals surface area contributed by atoms with Crippen molar-refractivity contribution in [2.75, 3.05) is 37.8 Å². The maximum absolute atomic E-state index is 14.7. The van der Waals surface area contributed by atoms with Crippen LogP contribution >= 0.6 is 0 Å². The molecule has 0 aliphatic heterocycles.